The molecule has 0 saturated heterocycles. The Kier molecular flexibility index (Phi) is 5.35. The lowest BCUT2D eigenvalue weighted by Crippen LogP contribution is -2.16. The summed E-state index contributed by atoms with van der Waals surface area (Å²) in [7, 11) is -4.01. The number of aryl methyl sites for hydroxylation is 1. The molecule has 0 bridgehead atoms. The van der Waals surface area contributed by atoms with Crippen LogP contribution in [0.4, 0.5) is 17.1 Å². The van der Waals surface area contributed by atoms with E-state index in [2.05, 4.69) is 15.4 Å². The first-order chi connectivity index (χ1) is 14.8. The van der Waals surface area contributed by atoms with Gasteiger partial charge in [-0.15, -0.1) is 0 Å². The molecule has 0 atom stereocenters. The van der Waals surface area contributed by atoms with E-state index < -0.39 is 21.8 Å². The number of hydrogen-bond donors (Lipinski definition) is 3. The second-order valence-electron chi connectivity index (χ2n) is 7.00. The highest BCUT2D eigenvalue weighted by molar-refractivity contribution is 7.92. The monoisotopic (exact) mass is 437 g/mol. The number of benzene rings is 3. The zero-order valence-electron chi connectivity index (χ0n) is 16.5. The quantitative estimate of drug-likeness (QED) is 0.525. The molecule has 0 aromatic heterocycles. The summed E-state index contributed by atoms with van der Waals surface area (Å²) in [5, 5.41) is 5.10. The normalized spacial score (nSPS) is 13.5. The maximum atomic E-state index is 13.0. The molecule has 8 nitrogen and oxygen atoms in total. The maximum absolute atomic E-state index is 13.0. The predicted octanol–water partition coefficient (Wildman–Crippen LogP) is 3.87. The van der Waals surface area contributed by atoms with E-state index in [9.17, 15) is 18.0 Å². The van der Waals surface area contributed by atoms with Gasteiger partial charge in [-0.1, -0.05) is 24.3 Å². The van der Waals surface area contributed by atoms with Gasteiger partial charge in [-0.25, -0.2) is 8.42 Å². The minimum Gasteiger partial charge on any atom is -0.455 e. The maximum Gasteiger partial charge on any atom is 0.262 e. The summed E-state index contributed by atoms with van der Waals surface area (Å²) < 4.78 is 34.4. The number of amides is 2. The first-order valence-corrected chi connectivity index (χ1v) is 10.9. The first-order valence-electron chi connectivity index (χ1n) is 9.40. The van der Waals surface area contributed by atoms with Crippen molar-refractivity contribution in [3.05, 3.63) is 72.3 Å². The lowest BCUT2D eigenvalue weighted by Gasteiger charge is -2.15. The molecule has 0 radical (unpaired) electrons. The highest BCUT2D eigenvalue weighted by Crippen LogP contribution is 2.33. The predicted molar refractivity (Wildman–Crippen MR) is 117 cm³/mol. The second kappa shape index (κ2) is 8.11. The standard InChI is InChI=1S/C22H19N3O5S/c1-14-5-4-6-15(11-14)30-20-8-3-2-7-18(20)25-31(28,29)16-9-10-17-19(12-16)24-22(27)13-21(26)23-17/h2-12,25H,13H2,1H3,(H,23,26)(H,24,27). The fraction of sp³-hybridized carbons (Fsp3) is 0.0909. The Hall–Kier alpha value is -3.85. The molecule has 158 valence electrons. The Bertz CT molecular complexity index is 1290. The fourth-order valence-corrected chi connectivity index (χ4v) is 4.18. The summed E-state index contributed by atoms with van der Waals surface area (Å²) in [5.74, 6) is -0.0648. The van der Waals surface area contributed by atoms with E-state index in [1.54, 1.807) is 30.3 Å². The Labute approximate surface area is 179 Å². The van der Waals surface area contributed by atoms with Gasteiger partial charge in [-0.3, -0.25) is 14.3 Å². The average Bonchev–Trinajstić information content (AvgIpc) is 2.85. The van der Waals surface area contributed by atoms with Gasteiger partial charge in [0.1, 0.15) is 12.2 Å². The van der Waals surface area contributed by atoms with Crippen LogP contribution < -0.4 is 20.1 Å². The van der Waals surface area contributed by atoms with Crippen molar-refractivity contribution >= 4 is 38.9 Å². The second-order valence-corrected chi connectivity index (χ2v) is 8.68. The lowest BCUT2D eigenvalue weighted by molar-refractivity contribution is -0.123. The first kappa shape index (κ1) is 20.4. The molecule has 3 N–H and O–H groups in total. The van der Waals surface area contributed by atoms with Crippen LogP contribution in [0.3, 0.4) is 0 Å². The van der Waals surface area contributed by atoms with Gasteiger partial charge in [0.2, 0.25) is 11.8 Å². The number of anilines is 3. The Morgan fingerprint density at radius 3 is 2.39 bits per heavy atom. The van der Waals surface area contributed by atoms with Crippen molar-refractivity contribution in [3.63, 3.8) is 0 Å². The van der Waals surface area contributed by atoms with Crippen molar-refractivity contribution in [1.82, 2.24) is 0 Å². The third-order valence-corrected chi connectivity index (χ3v) is 5.88. The van der Waals surface area contributed by atoms with Crippen LogP contribution in [0.2, 0.25) is 0 Å². The van der Waals surface area contributed by atoms with Crippen molar-refractivity contribution < 1.29 is 22.7 Å². The number of rotatable bonds is 5. The average molecular weight is 437 g/mol. The van der Waals surface area contributed by atoms with Crippen LogP contribution in [-0.4, -0.2) is 20.2 Å². The molecule has 0 fully saturated rings. The number of para-hydroxylation sites is 2. The van der Waals surface area contributed by atoms with Gasteiger partial charge >= 0.3 is 0 Å². The minimum absolute atomic E-state index is 0.0759. The van der Waals surface area contributed by atoms with E-state index in [1.165, 1.54) is 18.2 Å². The SMILES string of the molecule is Cc1cccc(Oc2ccccc2NS(=O)(=O)c2ccc3c(c2)NC(=O)CC(=O)N3)c1. The van der Waals surface area contributed by atoms with Crippen LogP contribution in [0, 0.1) is 6.92 Å². The molecule has 0 unspecified atom stereocenters. The van der Waals surface area contributed by atoms with E-state index in [0.717, 1.165) is 5.56 Å². The van der Waals surface area contributed by atoms with Gasteiger partial charge < -0.3 is 15.4 Å². The van der Waals surface area contributed by atoms with Gasteiger partial charge in [-0.2, -0.15) is 0 Å². The zero-order valence-corrected chi connectivity index (χ0v) is 17.3. The Balaban J connectivity index is 1.63. The van der Waals surface area contributed by atoms with Gasteiger partial charge in [-0.05, 0) is 55.0 Å². The molecule has 31 heavy (non-hydrogen) atoms. The van der Waals surface area contributed by atoms with E-state index in [1.807, 2.05) is 25.1 Å². The number of fused-ring (bicyclic) bond motifs is 1. The van der Waals surface area contributed by atoms with Crippen LogP contribution in [-0.2, 0) is 19.6 Å². The molecular formula is C22H19N3O5S. The van der Waals surface area contributed by atoms with Crippen LogP contribution in [0.5, 0.6) is 11.5 Å². The fourth-order valence-electron chi connectivity index (χ4n) is 3.09. The minimum atomic E-state index is -4.01. The molecule has 2 amide bonds. The molecule has 1 aliphatic heterocycles. The van der Waals surface area contributed by atoms with E-state index in [4.69, 9.17) is 4.74 Å². The van der Waals surface area contributed by atoms with Crippen LogP contribution in [0.1, 0.15) is 12.0 Å². The molecule has 0 aliphatic carbocycles. The Morgan fingerprint density at radius 1 is 0.871 bits per heavy atom. The smallest absolute Gasteiger partial charge is 0.262 e. The summed E-state index contributed by atoms with van der Waals surface area (Å²) in [6.07, 6.45) is -0.335. The number of nitrogens with one attached hydrogen (secondary N) is 3. The zero-order chi connectivity index (χ0) is 22.0. The lowest BCUT2D eigenvalue weighted by atomic mass is 10.2. The summed E-state index contributed by atoms with van der Waals surface area (Å²) in [5.41, 5.74) is 1.81. The van der Waals surface area contributed by atoms with Crippen molar-refractivity contribution in [2.24, 2.45) is 0 Å². The van der Waals surface area contributed by atoms with Crippen molar-refractivity contribution in [3.8, 4) is 11.5 Å². The van der Waals surface area contributed by atoms with E-state index >= 15 is 0 Å². The van der Waals surface area contributed by atoms with Gasteiger partial charge in [0.15, 0.2) is 5.75 Å². The van der Waals surface area contributed by atoms with Gasteiger partial charge in [0.05, 0.1) is 22.0 Å². The third-order valence-electron chi connectivity index (χ3n) is 4.52. The third kappa shape index (κ3) is 4.67. The molecule has 9 heteroatoms. The number of hydrogen-bond acceptors (Lipinski definition) is 5. The number of sulfonamides is 1. The van der Waals surface area contributed by atoms with Crippen molar-refractivity contribution in [1.29, 1.82) is 0 Å². The van der Waals surface area contributed by atoms with Crippen LogP contribution in [0.25, 0.3) is 0 Å². The van der Waals surface area contributed by atoms with E-state index in [0.29, 0.717) is 17.2 Å². The van der Waals surface area contributed by atoms with E-state index in [-0.39, 0.29) is 22.7 Å². The number of carbonyl (C=O) groups is 2. The molecule has 3 aromatic carbocycles. The molecule has 1 aliphatic rings. The van der Waals surface area contributed by atoms with Gasteiger partial charge in [0.25, 0.3) is 10.0 Å². The molecular weight excluding hydrogens is 418 g/mol. The molecule has 3 aromatic rings. The topological polar surface area (TPSA) is 114 Å². The number of carbonyl (C=O) groups excluding carboxylic acids is 2. The summed E-state index contributed by atoms with van der Waals surface area (Å²) in [4.78, 5) is 23.4. The largest absolute Gasteiger partial charge is 0.455 e. The van der Waals surface area contributed by atoms with Gasteiger partial charge in [0, 0.05) is 0 Å². The summed E-state index contributed by atoms with van der Waals surface area (Å²) in [6.45, 7) is 1.93. The Morgan fingerprint density at radius 2 is 1.61 bits per heavy atom. The van der Waals surface area contributed by atoms with Crippen LogP contribution >= 0.6 is 0 Å². The van der Waals surface area contributed by atoms with Crippen molar-refractivity contribution in [2.45, 2.75) is 18.2 Å². The highest BCUT2D eigenvalue weighted by atomic mass is 32.2. The number of ether oxygens (including phenoxy) is 1. The molecule has 4 rings (SSSR count). The molecule has 0 spiro atoms. The molecule has 1 heterocycles. The summed E-state index contributed by atoms with van der Waals surface area (Å²) in [6, 6.07) is 18.2. The molecule has 0 saturated carbocycles. The van der Waals surface area contributed by atoms with Crippen LogP contribution in [0.15, 0.2) is 71.6 Å². The summed E-state index contributed by atoms with van der Waals surface area (Å²) >= 11 is 0. The van der Waals surface area contributed by atoms with Crippen molar-refractivity contribution in [2.75, 3.05) is 15.4 Å². The highest BCUT2D eigenvalue weighted by Gasteiger charge is 2.22.